The molecule has 2 N–H and O–H groups in total. The fraction of sp³-hybridized carbons (Fsp3) is 0.625. The molecule has 1 atom stereocenters. The standard InChI is InChI=1S/C16H25FN2O/c1-16(2,12-20)11-19-8-4-7-15(10-19)18-14-6-3-5-13(17)9-14/h3,5-6,9,15,18,20H,4,7-8,10-12H2,1-2H3. The van der Waals surface area contributed by atoms with Crippen molar-refractivity contribution in [2.24, 2.45) is 5.41 Å². The number of hydrogen-bond acceptors (Lipinski definition) is 3. The van der Waals surface area contributed by atoms with Crippen molar-refractivity contribution in [2.75, 3.05) is 31.6 Å². The first kappa shape index (κ1) is 15.3. The van der Waals surface area contributed by atoms with E-state index in [1.54, 1.807) is 6.07 Å². The number of rotatable bonds is 5. The summed E-state index contributed by atoms with van der Waals surface area (Å²) in [7, 11) is 0. The van der Waals surface area contributed by atoms with Crippen molar-refractivity contribution in [1.82, 2.24) is 4.90 Å². The van der Waals surface area contributed by atoms with Crippen LogP contribution in [0.2, 0.25) is 0 Å². The second-order valence-electron chi connectivity index (χ2n) is 6.55. The Morgan fingerprint density at radius 1 is 1.45 bits per heavy atom. The van der Waals surface area contributed by atoms with E-state index >= 15 is 0 Å². The zero-order chi connectivity index (χ0) is 14.6. The third kappa shape index (κ3) is 4.46. The normalized spacial score (nSPS) is 20.9. The first-order valence-electron chi connectivity index (χ1n) is 7.34. The van der Waals surface area contributed by atoms with E-state index in [9.17, 15) is 9.50 Å². The summed E-state index contributed by atoms with van der Waals surface area (Å²) in [5, 5.41) is 12.8. The van der Waals surface area contributed by atoms with E-state index in [4.69, 9.17) is 0 Å². The summed E-state index contributed by atoms with van der Waals surface area (Å²) in [5.74, 6) is -0.205. The molecule has 0 bridgehead atoms. The van der Waals surface area contributed by atoms with Crippen molar-refractivity contribution >= 4 is 5.69 Å². The van der Waals surface area contributed by atoms with Gasteiger partial charge in [0.1, 0.15) is 5.82 Å². The van der Waals surface area contributed by atoms with Gasteiger partial charge in [-0.05, 0) is 37.6 Å². The molecule has 1 saturated heterocycles. The average Bonchev–Trinajstić information content (AvgIpc) is 2.38. The number of aliphatic hydroxyl groups is 1. The van der Waals surface area contributed by atoms with Crippen LogP contribution in [0.4, 0.5) is 10.1 Å². The second-order valence-corrected chi connectivity index (χ2v) is 6.55. The molecule has 0 saturated carbocycles. The molecule has 1 unspecified atom stereocenters. The second kappa shape index (κ2) is 6.55. The maximum Gasteiger partial charge on any atom is 0.125 e. The van der Waals surface area contributed by atoms with E-state index in [0.29, 0.717) is 6.04 Å². The quantitative estimate of drug-likeness (QED) is 0.870. The van der Waals surface area contributed by atoms with Crippen molar-refractivity contribution < 1.29 is 9.50 Å². The summed E-state index contributed by atoms with van der Waals surface area (Å²) in [4.78, 5) is 2.39. The van der Waals surface area contributed by atoms with E-state index in [1.807, 2.05) is 6.07 Å². The zero-order valence-corrected chi connectivity index (χ0v) is 12.4. The van der Waals surface area contributed by atoms with Gasteiger partial charge in [-0.3, -0.25) is 0 Å². The molecule has 4 heteroatoms. The van der Waals surface area contributed by atoms with Crippen molar-refractivity contribution in [1.29, 1.82) is 0 Å². The van der Waals surface area contributed by atoms with Gasteiger partial charge in [-0.25, -0.2) is 4.39 Å². The highest BCUT2D eigenvalue weighted by atomic mass is 19.1. The van der Waals surface area contributed by atoms with Crippen molar-refractivity contribution in [3.8, 4) is 0 Å². The lowest BCUT2D eigenvalue weighted by Gasteiger charge is -2.37. The lowest BCUT2D eigenvalue weighted by molar-refractivity contribution is 0.0894. The minimum atomic E-state index is -0.205. The van der Waals surface area contributed by atoms with Crippen LogP contribution in [0.5, 0.6) is 0 Å². The Bertz CT molecular complexity index is 436. The van der Waals surface area contributed by atoms with Gasteiger partial charge < -0.3 is 15.3 Å². The van der Waals surface area contributed by atoms with E-state index in [0.717, 1.165) is 38.2 Å². The van der Waals surface area contributed by atoms with Crippen LogP contribution in [-0.2, 0) is 0 Å². The molecule has 1 aliphatic heterocycles. The largest absolute Gasteiger partial charge is 0.396 e. The fourth-order valence-corrected chi connectivity index (χ4v) is 2.79. The molecule has 0 amide bonds. The molecule has 0 spiro atoms. The lowest BCUT2D eigenvalue weighted by atomic mass is 9.92. The summed E-state index contributed by atoms with van der Waals surface area (Å²) in [5.41, 5.74) is 0.777. The van der Waals surface area contributed by atoms with E-state index in [1.165, 1.54) is 12.1 Å². The summed E-state index contributed by atoms with van der Waals surface area (Å²) in [6.45, 7) is 7.27. The van der Waals surface area contributed by atoms with Crippen molar-refractivity contribution in [2.45, 2.75) is 32.7 Å². The highest BCUT2D eigenvalue weighted by Crippen LogP contribution is 2.21. The van der Waals surface area contributed by atoms with E-state index in [-0.39, 0.29) is 17.8 Å². The summed E-state index contributed by atoms with van der Waals surface area (Å²) < 4.78 is 13.2. The predicted octanol–water partition coefficient (Wildman–Crippen LogP) is 2.72. The monoisotopic (exact) mass is 280 g/mol. The molecule has 1 aromatic carbocycles. The summed E-state index contributed by atoms with van der Waals surface area (Å²) >= 11 is 0. The number of anilines is 1. The van der Waals surface area contributed by atoms with Crippen LogP contribution in [0.25, 0.3) is 0 Å². The number of nitrogens with one attached hydrogen (secondary N) is 1. The van der Waals surface area contributed by atoms with Gasteiger partial charge in [-0.2, -0.15) is 0 Å². The Kier molecular flexibility index (Phi) is 5.00. The van der Waals surface area contributed by atoms with Gasteiger partial charge in [-0.15, -0.1) is 0 Å². The van der Waals surface area contributed by atoms with Gasteiger partial charge in [0.15, 0.2) is 0 Å². The number of likely N-dealkylation sites (tertiary alicyclic amines) is 1. The summed E-state index contributed by atoms with van der Waals surface area (Å²) in [6.07, 6.45) is 2.24. The Morgan fingerprint density at radius 2 is 2.25 bits per heavy atom. The molecule has 1 fully saturated rings. The third-order valence-electron chi connectivity index (χ3n) is 3.78. The average molecular weight is 280 g/mol. The number of halogens is 1. The van der Waals surface area contributed by atoms with Crippen molar-refractivity contribution in [3.05, 3.63) is 30.1 Å². The lowest BCUT2D eigenvalue weighted by Crippen LogP contribution is -2.46. The van der Waals surface area contributed by atoms with Crippen LogP contribution in [0.3, 0.4) is 0 Å². The number of aliphatic hydroxyl groups excluding tert-OH is 1. The number of nitrogens with zero attached hydrogens (tertiary/aromatic N) is 1. The topological polar surface area (TPSA) is 35.5 Å². The molecule has 112 valence electrons. The predicted molar refractivity (Wildman–Crippen MR) is 80.4 cm³/mol. The third-order valence-corrected chi connectivity index (χ3v) is 3.78. The molecule has 1 aliphatic rings. The van der Waals surface area contributed by atoms with Gasteiger partial charge in [-0.1, -0.05) is 19.9 Å². The minimum Gasteiger partial charge on any atom is -0.396 e. The SMILES string of the molecule is CC(C)(CO)CN1CCCC(Nc2cccc(F)c2)C1. The maximum absolute atomic E-state index is 13.2. The minimum absolute atomic E-state index is 0.0687. The van der Waals surface area contributed by atoms with Crippen LogP contribution < -0.4 is 5.32 Å². The van der Waals surface area contributed by atoms with Gasteiger partial charge >= 0.3 is 0 Å². The van der Waals surface area contributed by atoms with E-state index in [2.05, 4.69) is 24.1 Å². The number of hydrogen-bond donors (Lipinski definition) is 2. The van der Waals surface area contributed by atoms with Crippen LogP contribution >= 0.6 is 0 Å². The first-order chi connectivity index (χ1) is 9.48. The van der Waals surface area contributed by atoms with Crippen LogP contribution in [0.15, 0.2) is 24.3 Å². The molecule has 0 aromatic heterocycles. The molecular formula is C16H25FN2O. The molecule has 0 aliphatic carbocycles. The highest BCUT2D eigenvalue weighted by molar-refractivity contribution is 5.44. The Balaban J connectivity index is 1.90. The molecule has 3 nitrogen and oxygen atoms in total. The zero-order valence-electron chi connectivity index (χ0n) is 12.4. The molecule has 0 radical (unpaired) electrons. The fourth-order valence-electron chi connectivity index (χ4n) is 2.79. The molecule has 1 aromatic rings. The van der Waals surface area contributed by atoms with Crippen LogP contribution in [0.1, 0.15) is 26.7 Å². The smallest absolute Gasteiger partial charge is 0.125 e. The Morgan fingerprint density at radius 3 is 2.95 bits per heavy atom. The van der Waals surface area contributed by atoms with Crippen LogP contribution in [-0.4, -0.2) is 42.3 Å². The summed E-state index contributed by atoms with van der Waals surface area (Å²) in [6, 6.07) is 6.98. The Hall–Kier alpha value is -1.13. The van der Waals surface area contributed by atoms with Crippen molar-refractivity contribution in [3.63, 3.8) is 0 Å². The molecule has 20 heavy (non-hydrogen) atoms. The first-order valence-corrected chi connectivity index (χ1v) is 7.34. The van der Waals surface area contributed by atoms with Gasteiger partial charge in [0, 0.05) is 36.8 Å². The number of piperidine rings is 1. The Labute approximate surface area is 120 Å². The van der Waals surface area contributed by atoms with Crippen LogP contribution in [0, 0.1) is 11.2 Å². The molecule has 2 rings (SSSR count). The highest BCUT2D eigenvalue weighted by Gasteiger charge is 2.25. The molecular weight excluding hydrogens is 255 g/mol. The molecule has 1 heterocycles. The maximum atomic E-state index is 13.2. The van der Waals surface area contributed by atoms with E-state index < -0.39 is 0 Å². The van der Waals surface area contributed by atoms with Gasteiger partial charge in [0.05, 0.1) is 0 Å². The number of benzene rings is 1. The van der Waals surface area contributed by atoms with Gasteiger partial charge in [0.2, 0.25) is 0 Å². The van der Waals surface area contributed by atoms with Gasteiger partial charge in [0.25, 0.3) is 0 Å².